The van der Waals surface area contributed by atoms with Crippen LogP contribution in [0.5, 0.6) is 0 Å². The van der Waals surface area contributed by atoms with Crippen molar-refractivity contribution >= 4 is 29.1 Å². The molecule has 4 rings (SSSR count). The first-order chi connectivity index (χ1) is 17.6. The van der Waals surface area contributed by atoms with E-state index in [4.69, 9.17) is 25.9 Å². The Morgan fingerprint density at radius 2 is 1.53 bits per heavy atom. The molecule has 0 bridgehead atoms. The normalized spacial score (nSPS) is 22.4. The second-order valence-corrected chi connectivity index (χ2v) is 10.8. The summed E-state index contributed by atoms with van der Waals surface area (Å²) in [6.45, 7) is 4.01. The summed E-state index contributed by atoms with van der Waals surface area (Å²) < 4.78 is 5.74. The first kappa shape index (κ1) is 26.6. The van der Waals surface area contributed by atoms with Crippen LogP contribution >= 0.6 is 0 Å². The molecule has 2 saturated heterocycles. The van der Waals surface area contributed by atoms with Crippen LogP contribution in [0.3, 0.4) is 0 Å². The standard InChI is InChI=1S/C28H45N7O/c1-32-28-22(15-16-24(33-28)34-17-9-3-2-4-10-18-34)25(29)27(31)36-26(30)23-14-8-11-19-35(23)20-21-12-6-5-7-13-21/h15-16,21,23,29-31H,2-14,17-20H2,1H3,(H,32,33). The third-order valence-electron chi connectivity index (χ3n) is 8.14. The van der Waals surface area contributed by atoms with Gasteiger partial charge in [-0.2, -0.15) is 0 Å². The maximum atomic E-state index is 8.68. The van der Waals surface area contributed by atoms with E-state index in [1.54, 1.807) is 7.05 Å². The lowest BCUT2D eigenvalue weighted by molar-refractivity contribution is 0.137. The fraction of sp³-hybridized carbons (Fsp3) is 0.714. The molecule has 198 valence electrons. The van der Waals surface area contributed by atoms with Gasteiger partial charge in [-0.3, -0.25) is 21.1 Å². The fourth-order valence-corrected chi connectivity index (χ4v) is 6.05. The predicted octanol–water partition coefficient (Wildman–Crippen LogP) is 5.67. The second-order valence-electron chi connectivity index (χ2n) is 10.8. The van der Waals surface area contributed by atoms with Crippen molar-refractivity contribution in [3.63, 3.8) is 0 Å². The quantitative estimate of drug-likeness (QED) is 0.288. The van der Waals surface area contributed by atoms with E-state index in [1.807, 2.05) is 12.1 Å². The third kappa shape index (κ3) is 6.84. The molecule has 0 radical (unpaired) electrons. The summed E-state index contributed by atoms with van der Waals surface area (Å²) in [5.41, 5.74) is 0.499. The molecule has 1 atom stereocenters. The Morgan fingerprint density at radius 3 is 2.25 bits per heavy atom. The number of aromatic nitrogens is 1. The van der Waals surface area contributed by atoms with Crippen LogP contribution in [0.1, 0.15) is 89.0 Å². The zero-order chi connectivity index (χ0) is 25.3. The summed E-state index contributed by atoms with van der Waals surface area (Å²) in [4.78, 5) is 9.53. The largest absolute Gasteiger partial charge is 0.422 e. The minimum absolute atomic E-state index is 0.0366. The molecule has 1 saturated carbocycles. The van der Waals surface area contributed by atoms with E-state index in [-0.39, 0.29) is 23.5 Å². The number of pyridine rings is 1. The molecule has 8 nitrogen and oxygen atoms in total. The van der Waals surface area contributed by atoms with Gasteiger partial charge in [0, 0.05) is 32.2 Å². The highest BCUT2D eigenvalue weighted by atomic mass is 16.5. The molecular weight excluding hydrogens is 450 g/mol. The van der Waals surface area contributed by atoms with Crippen molar-refractivity contribution in [2.24, 2.45) is 5.92 Å². The summed E-state index contributed by atoms with van der Waals surface area (Å²) in [5, 5.41) is 29.0. The van der Waals surface area contributed by atoms with Gasteiger partial charge >= 0.3 is 0 Å². The monoisotopic (exact) mass is 495 g/mol. The molecule has 0 amide bonds. The van der Waals surface area contributed by atoms with Gasteiger partial charge in [-0.05, 0) is 63.1 Å². The van der Waals surface area contributed by atoms with Gasteiger partial charge in [0.25, 0.3) is 0 Å². The van der Waals surface area contributed by atoms with Gasteiger partial charge in [0.2, 0.25) is 11.8 Å². The van der Waals surface area contributed by atoms with Gasteiger partial charge < -0.3 is 15.0 Å². The first-order valence-electron chi connectivity index (χ1n) is 14.2. The minimum Gasteiger partial charge on any atom is -0.422 e. The van der Waals surface area contributed by atoms with E-state index >= 15 is 0 Å². The van der Waals surface area contributed by atoms with Crippen molar-refractivity contribution in [3.8, 4) is 0 Å². The van der Waals surface area contributed by atoms with E-state index in [1.165, 1.54) is 64.2 Å². The van der Waals surface area contributed by atoms with Crippen LogP contribution in [0, 0.1) is 22.1 Å². The fourth-order valence-electron chi connectivity index (χ4n) is 6.05. The van der Waals surface area contributed by atoms with E-state index in [0.717, 1.165) is 51.3 Å². The average molecular weight is 496 g/mol. The smallest absolute Gasteiger partial charge is 0.239 e. The number of anilines is 2. The summed E-state index contributed by atoms with van der Waals surface area (Å²) in [7, 11) is 1.80. The number of nitrogens with one attached hydrogen (secondary N) is 4. The zero-order valence-electron chi connectivity index (χ0n) is 22.1. The number of nitrogens with zero attached hydrogens (tertiary/aromatic N) is 3. The van der Waals surface area contributed by atoms with Gasteiger partial charge in [-0.1, -0.05) is 44.9 Å². The molecular formula is C28H45N7O. The molecule has 0 aromatic carbocycles. The van der Waals surface area contributed by atoms with Crippen LogP contribution in [0.4, 0.5) is 11.6 Å². The van der Waals surface area contributed by atoms with Crippen LogP contribution in [-0.2, 0) is 4.74 Å². The van der Waals surface area contributed by atoms with Crippen LogP contribution < -0.4 is 10.2 Å². The molecule has 1 aromatic heterocycles. The van der Waals surface area contributed by atoms with Gasteiger partial charge in [0.1, 0.15) is 17.3 Å². The number of rotatable bonds is 7. The molecule has 4 N–H and O–H groups in total. The summed E-state index contributed by atoms with van der Waals surface area (Å²) in [5.74, 6) is 2.04. The highest BCUT2D eigenvalue weighted by molar-refractivity contribution is 6.45. The van der Waals surface area contributed by atoms with E-state index in [0.29, 0.717) is 17.3 Å². The second kappa shape index (κ2) is 13.2. The summed E-state index contributed by atoms with van der Waals surface area (Å²) in [6, 6.07) is 3.73. The number of hydrogen-bond donors (Lipinski definition) is 4. The van der Waals surface area contributed by atoms with Gasteiger partial charge in [-0.15, -0.1) is 0 Å². The van der Waals surface area contributed by atoms with Crippen molar-refractivity contribution in [3.05, 3.63) is 17.7 Å². The zero-order valence-corrected chi connectivity index (χ0v) is 22.1. The molecule has 1 unspecified atom stereocenters. The lowest BCUT2D eigenvalue weighted by Gasteiger charge is -2.38. The van der Waals surface area contributed by atoms with Crippen LogP contribution in [-0.4, -0.2) is 66.7 Å². The minimum atomic E-state index is -0.277. The highest BCUT2D eigenvalue weighted by Crippen LogP contribution is 2.28. The molecule has 8 heteroatoms. The van der Waals surface area contributed by atoms with Crippen molar-refractivity contribution in [2.75, 3.05) is 43.4 Å². The van der Waals surface area contributed by atoms with Crippen LogP contribution in [0.25, 0.3) is 0 Å². The predicted molar refractivity (Wildman–Crippen MR) is 148 cm³/mol. The highest BCUT2D eigenvalue weighted by Gasteiger charge is 2.31. The van der Waals surface area contributed by atoms with Crippen LogP contribution in [0.15, 0.2) is 12.1 Å². The van der Waals surface area contributed by atoms with Crippen molar-refractivity contribution in [2.45, 2.75) is 89.5 Å². The number of likely N-dealkylation sites (tertiary alicyclic amines) is 1. The Hall–Kier alpha value is -2.48. The molecule has 1 aromatic rings. The Morgan fingerprint density at radius 1 is 0.889 bits per heavy atom. The Bertz CT molecular complexity index is 903. The first-order valence-corrected chi connectivity index (χ1v) is 14.2. The van der Waals surface area contributed by atoms with Gasteiger partial charge in [0.15, 0.2) is 0 Å². The average Bonchev–Trinajstić information content (AvgIpc) is 2.88. The Balaban J connectivity index is 1.39. The van der Waals surface area contributed by atoms with E-state index < -0.39 is 0 Å². The molecule has 36 heavy (non-hydrogen) atoms. The maximum absolute atomic E-state index is 8.68. The van der Waals surface area contributed by atoms with Gasteiger partial charge in [0.05, 0.1) is 6.04 Å². The summed E-state index contributed by atoms with van der Waals surface area (Å²) in [6.07, 6.45) is 15.9. The summed E-state index contributed by atoms with van der Waals surface area (Å²) >= 11 is 0. The number of piperidine rings is 1. The van der Waals surface area contributed by atoms with E-state index in [2.05, 4.69) is 15.1 Å². The molecule has 3 aliphatic rings. The lowest BCUT2D eigenvalue weighted by Crippen LogP contribution is -2.48. The molecule has 2 aliphatic heterocycles. The topological polar surface area (TPSA) is 112 Å². The molecule has 1 aliphatic carbocycles. The van der Waals surface area contributed by atoms with Gasteiger partial charge in [-0.25, -0.2) is 4.98 Å². The molecule has 0 spiro atoms. The number of hydrogen-bond acceptors (Lipinski definition) is 8. The lowest BCUT2D eigenvalue weighted by atomic mass is 9.88. The van der Waals surface area contributed by atoms with Crippen molar-refractivity contribution < 1.29 is 4.74 Å². The maximum Gasteiger partial charge on any atom is 0.239 e. The SMILES string of the molecule is CNc1nc(N2CCCCCCC2)ccc1C(=N)C(=N)OC(=N)C1CCCCN1CC1CCCCC1. The van der Waals surface area contributed by atoms with Crippen molar-refractivity contribution in [1.82, 2.24) is 9.88 Å². The number of ether oxygens (including phenoxy) is 1. The Labute approximate surface area is 216 Å². The van der Waals surface area contributed by atoms with Crippen LogP contribution in [0.2, 0.25) is 0 Å². The Kier molecular flexibility index (Phi) is 9.73. The van der Waals surface area contributed by atoms with Crippen molar-refractivity contribution in [1.29, 1.82) is 16.2 Å². The molecule has 3 heterocycles. The van der Waals surface area contributed by atoms with E-state index in [9.17, 15) is 0 Å². The third-order valence-corrected chi connectivity index (χ3v) is 8.14. The molecule has 3 fully saturated rings.